The van der Waals surface area contributed by atoms with Crippen LogP contribution in [0.3, 0.4) is 0 Å². The van der Waals surface area contributed by atoms with E-state index in [0.717, 1.165) is 30.6 Å². The van der Waals surface area contributed by atoms with Crippen LogP contribution in [0.15, 0.2) is 43.0 Å². The molecule has 0 aliphatic carbocycles. The zero-order chi connectivity index (χ0) is 18.7. The predicted molar refractivity (Wildman–Crippen MR) is 104 cm³/mol. The van der Waals surface area contributed by atoms with E-state index in [2.05, 4.69) is 11.6 Å². The van der Waals surface area contributed by atoms with Crippen LogP contribution in [0.1, 0.15) is 35.6 Å². The number of hydrogen-bond donors (Lipinski definition) is 4. The number of likely N-dealkylation sites (tertiary alicyclic amines) is 1. The summed E-state index contributed by atoms with van der Waals surface area (Å²) in [6.07, 6.45) is 5.03. The number of nitrogens with two attached hydrogens (primary N) is 2. The molecule has 1 aliphatic rings. The molecule has 26 heavy (non-hydrogen) atoms. The maximum absolute atomic E-state index is 11.9. The summed E-state index contributed by atoms with van der Waals surface area (Å²) in [5.41, 5.74) is 15.0. The van der Waals surface area contributed by atoms with Crippen molar-refractivity contribution in [2.75, 3.05) is 18.8 Å². The van der Waals surface area contributed by atoms with Crippen molar-refractivity contribution in [2.45, 2.75) is 18.8 Å². The highest BCUT2D eigenvalue weighted by molar-refractivity contribution is 5.87. The topological polar surface area (TPSA) is 108 Å². The first-order valence-electron chi connectivity index (χ1n) is 8.65. The van der Waals surface area contributed by atoms with Crippen molar-refractivity contribution < 1.29 is 9.90 Å². The van der Waals surface area contributed by atoms with Crippen LogP contribution in [-0.4, -0.2) is 34.0 Å². The third kappa shape index (κ3) is 3.59. The fourth-order valence-electron chi connectivity index (χ4n) is 3.37. The van der Waals surface area contributed by atoms with Crippen molar-refractivity contribution >= 4 is 23.5 Å². The number of anilines is 1. The first-order chi connectivity index (χ1) is 12.5. The maximum Gasteiger partial charge on any atom is 0.245 e. The standard InChI is InChI=1S/C20H24N4O2/c1-2-19(26)24-9-5-6-13(12-24)17-11-14(20(22)23-17)10-16(21)15-7-3-4-8-18(15)25/h2-4,7-8,10-11,13,23,25H,1,5-6,9,12,21-22H2/b16-10-/t13-/m0/s1. The molecule has 1 saturated heterocycles. The number of hydrogen-bond acceptors (Lipinski definition) is 4. The number of amides is 1. The Morgan fingerprint density at radius 2 is 2.15 bits per heavy atom. The third-order valence-corrected chi connectivity index (χ3v) is 4.77. The van der Waals surface area contributed by atoms with E-state index < -0.39 is 0 Å². The lowest BCUT2D eigenvalue weighted by Crippen LogP contribution is -2.38. The van der Waals surface area contributed by atoms with E-state index >= 15 is 0 Å². The van der Waals surface area contributed by atoms with Crippen LogP contribution < -0.4 is 11.5 Å². The minimum Gasteiger partial charge on any atom is -0.507 e. The van der Waals surface area contributed by atoms with Gasteiger partial charge >= 0.3 is 0 Å². The molecule has 1 atom stereocenters. The molecule has 2 aromatic rings. The van der Waals surface area contributed by atoms with Crippen molar-refractivity contribution in [2.24, 2.45) is 5.73 Å². The van der Waals surface area contributed by atoms with Crippen molar-refractivity contribution in [3.05, 3.63) is 59.8 Å². The average molecular weight is 352 g/mol. The second-order valence-corrected chi connectivity index (χ2v) is 6.54. The molecule has 6 nitrogen and oxygen atoms in total. The highest BCUT2D eigenvalue weighted by atomic mass is 16.3. The molecule has 2 heterocycles. The van der Waals surface area contributed by atoms with Gasteiger partial charge in [0, 0.05) is 41.5 Å². The smallest absolute Gasteiger partial charge is 0.245 e. The molecular weight excluding hydrogens is 328 g/mol. The first-order valence-corrected chi connectivity index (χ1v) is 8.65. The summed E-state index contributed by atoms with van der Waals surface area (Å²) in [5, 5.41) is 9.94. The molecule has 1 aliphatic heterocycles. The quantitative estimate of drug-likeness (QED) is 0.634. The van der Waals surface area contributed by atoms with Crippen molar-refractivity contribution in [1.82, 2.24) is 9.88 Å². The Labute approximate surface area is 152 Å². The molecule has 0 unspecified atom stereocenters. The van der Waals surface area contributed by atoms with Gasteiger partial charge in [0.15, 0.2) is 0 Å². The average Bonchev–Trinajstić information content (AvgIpc) is 3.02. The number of nitrogens with zero attached hydrogens (tertiary/aromatic N) is 1. The number of nitrogen functional groups attached to an aromatic ring is 1. The summed E-state index contributed by atoms with van der Waals surface area (Å²) in [6, 6.07) is 8.87. The summed E-state index contributed by atoms with van der Waals surface area (Å²) in [7, 11) is 0. The van der Waals surface area contributed by atoms with Crippen molar-refractivity contribution in [1.29, 1.82) is 0 Å². The lowest BCUT2D eigenvalue weighted by molar-refractivity contribution is -0.127. The van der Waals surface area contributed by atoms with Crippen LogP contribution in [0.4, 0.5) is 5.82 Å². The number of carbonyl (C=O) groups is 1. The second kappa shape index (κ2) is 7.39. The van der Waals surface area contributed by atoms with Crippen LogP contribution in [0.2, 0.25) is 0 Å². The van der Waals surface area contributed by atoms with Gasteiger partial charge in [-0.05, 0) is 43.2 Å². The Hall–Kier alpha value is -3.15. The monoisotopic (exact) mass is 352 g/mol. The molecule has 6 N–H and O–H groups in total. The van der Waals surface area contributed by atoms with Gasteiger partial charge in [0.25, 0.3) is 0 Å². The van der Waals surface area contributed by atoms with E-state index in [1.54, 1.807) is 24.3 Å². The van der Waals surface area contributed by atoms with Gasteiger partial charge in [-0.2, -0.15) is 0 Å². The van der Waals surface area contributed by atoms with Crippen LogP contribution >= 0.6 is 0 Å². The van der Waals surface area contributed by atoms with Gasteiger partial charge < -0.3 is 26.5 Å². The van der Waals surface area contributed by atoms with E-state index in [1.807, 2.05) is 17.0 Å². The number of phenols is 1. The van der Waals surface area contributed by atoms with E-state index in [-0.39, 0.29) is 17.6 Å². The number of aromatic hydroxyl groups is 1. The minimum absolute atomic E-state index is 0.0434. The zero-order valence-corrected chi connectivity index (χ0v) is 14.6. The van der Waals surface area contributed by atoms with E-state index in [0.29, 0.717) is 23.6 Å². The molecule has 0 bridgehead atoms. The highest BCUT2D eigenvalue weighted by Crippen LogP contribution is 2.31. The molecule has 0 saturated carbocycles. The Bertz CT molecular complexity index is 853. The zero-order valence-electron chi connectivity index (χ0n) is 14.6. The summed E-state index contributed by atoms with van der Waals surface area (Å²) < 4.78 is 0. The van der Waals surface area contributed by atoms with E-state index in [4.69, 9.17) is 11.5 Å². The summed E-state index contributed by atoms with van der Waals surface area (Å²) in [4.78, 5) is 16.9. The molecule has 6 heteroatoms. The van der Waals surface area contributed by atoms with Gasteiger partial charge in [0.05, 0.1) is 0 Å². The lowest BCUT2D eigenvalue weighted by Gasteiger charge is -2.31. The molecule has 1 aromatic heterocycles. The van der Waals surface area contributed by atoms with Gasteiger partial charge in [-0.3, -0.25) is 4.79 Å². The van der Waals surface area contributed by atoms with Gasteiger partial charge in [0.1, 0.15) is 11.6 Å². The number of carbonyl (C=O) groups excluding carboxylic acids is 1. The molecular formula is C20H24N4O2. The van der Waals surface area contributed by atoms with E-state index in [1.165, 1.54) is 6.08 Å². The minimum atomic E-state index is -0.0434. The summed E-state index contributed by atoms with van der Waals surface area (Å²) in [6.45, 7) is 4.96. The highest BCUT2D eigenvalue weighted by Gasteiger charge is 2.25. The number of nitrogens with one attached hydrogen (secondary N) is 1. The fraction of sp³-hybridized carbons (Fsp3) is 0.250. The normalized spacial score (nSPS) is 17.9. The summed E-state index contributed by atoms with van der Waals surface area (Å²) in [5.74, 6) is 0.800. The van der Waals surface area contributed by atoms with E-state index in [9.17, 15) is 9.90 Å². The van der Waals surface area contributed by atoms with Gasteiger partial charge in [-0.25, -0.2) is 0 Å². The number of benzene rings is 1. The molecule has 0 radical (unpaired) electrons. The van der Waals surface area contributed by atoms with Crippen molar-refractivity contribution in [3.63, 3.8) is 0 Å². The number of aromatic nitrogens is 1. The third-order valence-electron chi connectivity index (χ3n) is 4.77. The molecule has 136 valence electrons. The van der Waals surface area contributed by atoms with Crippen LogP contribution in [0.25, 0.3) is 11.8 Å². The number of aromatic amines is 1. The molecule has 1 amide bonds. The Morgan fingerprint density at radius 1 is 1.38 bits per heavy atom. The number of H-pyrrole nitrogens is 1. The lowest BCUT2D eigenvalue weighted by atomic mass is 9.94. The molecule has 0 spiro atoms. The molecule has 3 rings (SSSR count). The number of phenolic OH excluding ortho intramolecular Hbond substituents is 1. The van der Waals surface area contributed by atoms with Crippen LogP contribution in [-0.2, 0) is 4.79 Å². The van der Waals surface area contributed by atoms with Gasteiger partial charge in [-0.15, -0.1) is 0 Å². The van der Waals surface area contributed by atoms with Crippen LogP contribution in [0.5, 0.6) is 5.75 Å². The second-order valence-electron chi connectivity index (χ2n) is 6.54. The Balaban J connectivity index is 1.83. The fourth-order valence-corrected chi connectivity index (χ4v) is 3.37. The number of rotatable bonds is 4. The van der Waals surface area contributed by atoms with Gasteiger partial charge in [0.2, 0.25) is 5.91 Å². The number of para-hydroxylation sites is 1. The van der Waals surface area contributed by atoms with Crippen molar-refractivity contribution in [3.8, 4) is 5.75 Å². The molecule has 1 fully saturated rings. The maximum atomic E-state index is 11.9. The molecule has 1 aromatic carbocycles. The first kappa shape index (κ1) is 17.7. The Morgan fingerprint density at radius 3 is 2.88 bits per heavy atom. The van der Waals surface area contributed by atoms with Crippen LogP contribution in [0, 0.1) is 0 Å². The Kier molecular flexibility index (Phi) is 5.02. The van der Waals surface area contributed by atoms with Gasteiger partial charge in [-0.1, -0.05) is 18.7 Å². The largest absolute Gasteiger partial charge is 0.507 e. The predicted octanol–water partition coefficient (Wildman–Crippen LogP) is 2.65. The SMILES string of the molecule is C=CC(=O)N1CCC[C@H](c2cc(/C=C(\N)c3ccccc3O)c(N)[nH]2)C1. The number of piperidine rings is 1. The summed E-state index contributed by atoms with van der Waals surface area (Å²) >= 11 is 0.